The number of anilines is 2. The normalized spacial score (nSPS) is 9.60. The number of aryl methyl sites for hydroxylation is 1. The fourth-order valence-corrected chi connectivity index (χ4v) is 1.22. The molecular weight excluding hydrogens is 190 g/mol. The number of nitriles is 1. The van der Waals surface area contributed by atoms with E-state index < -0.39 is 0 Å². The van der Waals surface area contributed by atoms with Crippen molar-refractivity contribution in [2.45, 2.75) is 0 Å². The van der Waals surface area contributed by atoms with E-state index >= 15 is 0 Å². The summed E-state index contributed by atoms with van der Waals surface area (Å²) >= 11 is 0. The largest absolute Gasteiger partial charge is 0.337 e. The summed E-state index contributed by atoms with van der Waals surface area (Å²) in [5.74, 6) is 0.549. The number of hydrogen-bond donors (Lipinski definition) is 1. The standard InChI is InChI=1S/C10H9N5/c1-15-7-9(6-13-15)14-10-8(5-11)3-2-4-12-10/h2-4,6-7H,1H3,(H,12,14). The quantitative estimate of drug-likeness (QED) is 0.794. The van der Waals surface area contributed by atoms with Crippen LogP contribution in [0.15, 0.2) is 30.7 Å². The van der Waals surface area contributed by atoms with Crippen LogP contribution in [-0.2, 0) is 7.05 Å². The first kappa shape index (κ1) is 9.21. The van der Waals surface area contributed by atoms with Gasteiger partial charge in [-0.15, -0.1) is 0 Å². The highest BCUT2D eigenvalue weighted by molar-refractivity contribution is 5.61. The minimum atomic E-state index is 0.515. The Kier molecular flexibility index (Phi) is 2.33. The lowest BCUT2D eigenvalue weighted by Crippen LogP contribution is -1.95. The van der Waals surface area contributed by atoms with Crippen molar-refractivity contribution in [1.82, 2.24) is 14.8 Å². The molecule has 0 bridgehead atoms. The van der Waals surface area contributed by atoms with Crippen LogP contribution in [0.4, 0.5) is 11.5 Å². The molecule has 2 aromatic rings. The monoisotopic (exact) mass is 199 g/mol. The van der Waals surface area contributed by atoms with E-state index in [0.29, 0.717) is 11.4 Å². The highest BCUT2D eigenvalue weighted by Crippen LogP contribution is 2.16. The molecule has 0 spiro atoms. The van der Waals surface area contributed by atoms with E-state index in [4.69, 9.17) is 5.26 Å². The third-order valence-electron chi connectivity index (χ3n) is 1.90. The van der Waals surface area contributed by atoms with Gasteiger partial charge in [0.2, 0.25) is 0 Å². The molecule has 0 fully saturated rings. The summed E-state index contributed by atoms with van der Waals surface area (Å²) < 4.78 is 1.68. The lowest BCUT2D eigenvalue weighted by Gasteiger charge is -2.02. The predicted molar refractivity (Wildman–Crippen MR) is 55.4 cm³/mol. The van der Waals surface area contributed by atoms with Gasteiger partial charge in [-0.05, 0) is 12.1 Å². The Labute approximate surface area is 87.0 Å². The van der Waals surface area contributed by atoms with Crippen molar-refractivity contribution in [2.75, 3.05) is 5.32 Å². The van der Waals surface area contributed by atoms with E-state index in [0.717, 1.165) is 5.69 Å². The summed E-state index contributed by atoms with van der Waals surface area (Å²) in [6, 6.07) is 5.51. The zero-order chi connectivity index (χ0) is 10.7. The molecule has 5 nitrogen and oxygen atoms in total. The minimum Gasteiger partial charge on any atom is -0.337 e. The van der Waals surface area contributed by atoms with Crippen LogP contribution in [0.25, 0.3) is 0 Å². The average Bonchev–Trinajstić information content (AvgIpc) is 2.65. The molecule has 15 heavy (non-hydrogen) atoms. The molecule has 74 valence electrons. The number of rotatable bonds is 2. The third-order valence-corrected chi connectivity index (χ3v) is 1.90. The topological polar surface area (TPSA) is 66.5 Å². The van der Waals surface area contributed by atoms with Crippen LogP contribution in [0.3, 0.4) is 0 Å². The Morgan fingerprint density at radius 3 is 3.07 bits per heavy atom. The average molecular weight is 199 g/mol. The van der Waals surface area contributed by atoms with Gasteiger partial charge in [0.15, 0.2) is 0 Å². The van der Waals surface area contributed by atoms with Crippen LogP contribution >= 0.6 is 0 Å². The first-order valence-electron chi connectivity index (χ1n) is 4.40. The van der Waals surface area contributed by atoms with Crippen molar-refractivity contribution in [3.63, 3.8) is 0 Å². The summed E-state index contributed by atoms with van der Waals surface area (Å²) in [5.41, 5.74) is 1.33. The summed E-state index contributed by atoms with van der Waals surface area (Å²) in [6.07, 6.45) is 5.13. The molecule has 0 aromatic carbocycles. The molecule has 2 heterocycles. The lowest BCUT2D eigenvalue weighted by molar-refractivity contribution is 0.768. The Morgan fingerprint density at radius 1 is 1.53 bits per heavy atom. The second kappa shape index (κ2) is 3.80. The van der Waals surface area contributed by atoms with Gasteiger partial charge in [-0.1, -0.05) is 0 Å². The number of pyridine rings is 1. The smallest absolute Gasteiger partial charge is 0.148 e. The zero-order valence-electron chi connectivity index (χ0n) is 8.18. The van der Waals surface area contributed by atoms with Crippen molar-refractivity contribution < 1.29 is 0 Å². The molecule has 0 saturated carbocycles. The fourth-order valence-electron chi connectivity index (χ4n) is 1.22. The van der Waals surface area contributed by atoms with E-state index in [1.54, 1.807) is 29.2 Å². The second-order valence-electron chi connectivity index (χ2n) is 3.04. The molecule has 0 atom stereocenters. The highest BCUT2D eigenvalue weighted by Gasteiger charge is 2.03. The molecule has 1 N–H and O–H groups in total. The third kappa shape index (κ3) is 1.94. The van der Waals surface area contributed by atoms with Crippen LogP contribution < -0.4 is 5.32 Å². The Morgan fingerprint density at radius 2 is 2.40 bits per heavy atom. The van der Waals surface area contributed by atoms with E-state index in [-0.39, 0.29) is 0 Å². The molecule has 0 unspecified atom stereocenters. The van der Waals surface area contributed by atoms with Gasteiger partial charge in [0, 0.05) is 19.4 Å². The molecule has 2 aromatic heterocycles. The molecule has 0 radical (unpaired) electrons. The Balaban J connectivity index is 2.28. The van der Waals surface area contributed by atoms with E-state index in [1.807, 2.05) is 13.2 Å². The van der Waals surface area contributed by atoms with Crippen molar-refractivity contribution in [1.29, 1.82) is 5.26 Å². The van der Waals surface area contributed by atoms with Crippen molar-refractivity contribution in [3.8, 4) is 6.07 Å². The number of aromatic nitrogens is 3. The molecule has 0 aliphatic heterocycles. The van der Waals surface area contributed by atoms with Crippen molar-refractivity contribution in [2.24, 2.45) is 7.05 Å². The van der Waals surface area contributed by atoms with Gasteiger partial charge in [-0.25, -0.2) is 4.98 Å². The van der Waals surface area contributed by atoms with Gasteiger partial charge in [0.25, 0.3) is 0 Å². The van der Waals surface area contributed by atoms with Gasteiger partial charge >= 0.3 is 0 Å². The zero-order valence-corrected chi connectivity index (χ0v) is 8.18. The maximum atomic E-state index is 8.85. The first-order valence-corrected chi connectivity index (χ1v) is 4.40. The highest BCUT2D eigenvalue weighted by atomic mass is 15.3. The van der Waals surface area contributed by atoms with E-state index in [1.165, 1.54) is 0 Å². The number of nitrogens with one attached hydrogen (secondary N) is 1. The molecular formula is C10H9N5. The number of hydrogen-bond acceptors (Lipinski definition) is 4. The van der Waals surface area contributed by atoms with E-state index in [9.17, 15) is 0 Å². The second-order valence-corrected chi connectivity index (χ2v) is 3.04. The molecule has 2 rings (SSSR count). The van der Waals surface area contributed by atoms with Gasteiger partial charge in [-0.3, -0.25) is 4.68 Å². The molecule has 0 amide bonds. The van der Waals surface area contributed by atoms with Gasteiger partial charge in [0.1, 0.15) is 11.9 Å². The lowest BCUT2D eigenvalue weighted by atomic mass is 10.3. The molecule has 0 saturated heterocycles. The Bertz CT molecular complexity index is 509. The maximum Gasteiger partial charge on any atom is 0.148 e. The van der Waals surface area contributed by atoms with Crippen LogP contribution in [-0.4, -0.2) is 14.8 Å². The summed E-state index contributed by atoms with van der Waals surface area (Å²) in [7, 11) is 1.83. The van der Waals surface area contributed by atoms with Crippen LogP contribution in [0, 0.1) is 11.3 Å². The predicted octanol–water partition coefficient (Wildman–Crippen LogP) is 1.43. The Hall–Kier alpha value is -2.35. The molecule has 5 heteroatoms. The van der Waals surface area contributed by atoms with Crippen LogP contribution in [0.2, 0.25) is 0 Å². The van der Waals surface area contributed by atoms with Gasteiger partial charge in [-0.2, -0.15) is 10.4 Å². The number of nitrogens with zero attached hydrogens (tertiary/aromatic N) is 4. The minimum absolute atomic E-state index is 0.515. The molecule has 0 aliphatic rings. The van der Waals surface area contributed by atoms with Crippen molar-refractivity contribution >= 4 is 11.5 Å². The summed E-state index contributed by atoms with van der Waals surface area (Å²) in [4.78, 5) is 4.08. The summed E-state index contributed by atoms with van der Waals surface area (Å²) in [6.45, 7) is 0. The van der Waals surface area contributed by atoms with E-state index in [2.05, 4.69) is 21.5 Å². The first-order chi connectivity index (χ1) is 7.29. The molecule has 0 aliphatic carbocycles. The summed E-state index contributed by atoms with van der Waals surface area (Å²) in [5, 5.41) is 15.9. The fraction of sp³-hybridized carbons (Fsp3) is 0.100. The SMILES string of the molecule is Cn1cc(Nc2ncccc2C#N)cn1. The van der Waals surface area contributed by atoms with Crippen LogP contribution in [0.1, 0.15) is 5.56 Å². The van der Waals surface area contributed by atoms with Gasteiger partial charge in [0.05, 0.1) is 17.4 Å². The maximum absolute atomic E-state index is 8.85. The van der Waals surface area contributed by atoms with Crippen molar-refractivity contribution in [3.05, 3.63) is 36.3 Å². The van der Waals surface area contributed by atoms with Gasteiger partial charge < -0.3 is 5.32 Å². The van der Waals surface area contributed by atoms with Crippen LogP contribution in [0.5, 0.6) is 0 Å².